The molecule has 0 unspecified atom stereocenters. The standard InChI is InChI=1S/C9H9FO4/c1-12-7-3-6(9(11)14-10)4-8(5-7)13-2/h3-5H,1-2H3. The van der Waals surface area contributed by atoms with Crippen molar-refractivity contribution < 1.29 is 23.7 Å². The summed E-state index contributed by atoms with van der Waals surface area (Å²) >= 11 is 0. The van der Waals surface area contributed by atoms with Crippen LogP contribution in [0.2, 0.25) is 0 Å². The Morgan fingerprint density at radius 1 is 1.14 bits per heavy atom. The first-order valence-electron chi connectivity index (χ1n) is 3.77. The van der Waals surface area contributed by atoms with Gasteiger partial charge in [-0.25, -0.2) is 9.74 Å². The predicted octanol–water partition coefficient (Wildman–Crippen LogP) is 1.75. The van der Waals surface area contributed by atoms with Crippen molar-refractivity contribution in [1.29, 1.82) is 0 Å². The van der Waals surface area contributed by atoms with Crippen LogP contribution < -0.4 is 9.47 Å². The van der Waals surface area contributed by atoms with Gasteiger partial charge in [0.05, 0.1) is 19.8 Å². The van der Waals surface area contributed by atoms with E-state index in [9.17, 15) is 9.32 Å². The third-order valence-electron chi connectivity index (χ3n) is 1.66. The Morgan fingerprint density at radius 2 is 1.64 bits per heavy atom. The van der Waals surface area contributed by atoms with Gasteiger partial charge in [0.1, 0.15) is 11.5 Å². The van der Waals surface area contributed by atoms with E-state index in [4.69, 9.17) is 9.47 Å². The van der Waals surface area contributed by atoms with Crippen molar-refractivity contribution in [2.75, 3.05) is 14.2 Å². The zero-order valence-corrected chi connectivity index (χ0v) is 7.74. The van der Waals surface area contributed by atoms with Crippen molar-refractivity contribution >= 4 is 5.97 Å². The number of carbonyl (C=O) groups is 1. The van der Waals surface area contributed by atoms with Gasteiger partial charge in [0.25, 0.3) is 0 Å². The number of hydrogen-bond donors (Lipinski definition) is 0. The average Bonchev–Trinajstić information content (AvgIpc) is 2.27. The molecule has 0 aliphatic rings. The van der Waals surface area contributed by atoms with Gasteiger partial charge in [-0.1, -0.05) is 0 Å². The van der Waals surface area contributed by atoms with E-state index in [2.05, 4.69) is 4.94 Å². The number of hydrogen-bond acceptors (Lipinski definition) is 4. The first-order chi connectivity index (χ1) is 6.71. The summed E-state index contributed by atoms with van der Waals surface area (Å²) in [4.78, 5) is 13.9. The van der Waals surface area contributed by atoms with Gasteiger partial charge >= 0.3 is 5.97 Å². The number of halogens is 1. The van der Waals surface area contributed by atoms with Crippen LogP contribution in [0.1, 0.15) is 10.4 Å². The van der Waals surface area contributed by atoms with Crippen LogP contribution in [0.3, 0.4) is 0 Å². The van der Waals surface area contributed by atoms with Gasteiger partial charge in [-0.3, -0.25) is 0 Å². The Balaban J connectivity index is 3.10. The molecule has 0 fully saturated rings. The van der Waals surface area contributed by atoms with Crippen molar-refractivity contribution in [3.8, 4) is 11.5 Å². The highest BCUT2D eigenvalue weighted by molar-refractivity contribution is 5.90. The van der Waals surface area contributed by atoms with Gasteiger partial charge in [0.2, 0.25) is 0 Å². The zero-order valence-electron chi connectivity index (χ0n) is 7.74. The molecular formula is C9H9FO4. The van der Waals surface area contributed by atoms with Crippen molar-refractivity contribution in [3.63, 3.8) is 0 Å². The van der Waals surface area contributed by atoms with Crippen LogP contribution in [0, 0.1) is 0 Å². The maximum atomic E-state index is 11.6. The lowest BCUT2D eigenvalue weighted by atomic mass is 10.2. The lowest BCUT2D eigenvalue weighted by Gasteiger charge is -2.05. The first-order valence-corrected chi connectivity index (χ1v) is 3.77. The minimum absolute atomic E-state index is 0.0312. The minimum atomic E-state index is -1.08. The van der Waals surface area contributed by atoms with E-state index < -0.39 is 5.97 Å². The third-order valence-corrected chi connectivity index (χ3v) is 1.66. The summed E-state index contributed by atoms with van der Waals surface area (Å²) in [6, 6.07) is 4.27. The summed E-state index contributed by atoms with van der Waals surface area (Å²) < 4.78 is 21.4. The Labute approximate surface area is 80.1 Å². The molecule has 0 aromatic heterocycles. The number of carbonyl (C=O) groups excluding carboxylic acids is 1. The van der Waals surface area contributed by atoms with Gasteiger partial charge in [0, 0.05) is 10.6 Å². The van der Waals surface area contributed by atoms with E-state index in [-0.39, 0.29) is 5.56 Å². The highest BCUT2D eigenvalue weighted by atomic mass is 19.3. The fourth-order valence-electron chi connectivity index (χ4n) is 0.970. The topological polar surface area (TPSA) is 44.8 Å². The molecule has 0 heterocycles. The molecule has 0 amide bonds. The molecule has 0 aliphatic carbocycles. The zero-order chi connectivity index (χ0) is 10.6. The van der Waals surface area contributed by atoms with Crippen LogP contribution in [-0.4, -0.2) is 20.2 Å². The van der Waals surface area contributed by atoms with Crippen molar-refractivity contribution in [2.24, 2.45) is 0 Å². The van der Waals surface area contributed by atoms with Gasteiger partial charge < -0.3 is 9.47 Å². The molecule has 0 spiro atoms. The van der Waals surface area contributed by atoms with Gasteiger partial charge in [-0.15, -0.1) is 0 Å². The van der Waals surface area contributed by atoms with E-state index in [1.165, 1.54) is 26.4 Å². The highest BCUT2D eigenvalue weighted by Gasteiger charge is 2.11. The summed E-state index contributed by atoms with van der Waals surface area (Å²) in [5.74, 6) is -0.295. The predicted molar refractivity (Wildman–Crippen MR) is 46.1 cm³/mol. The van der Waals surface area contributed by atoms with Crippen LogP contribution in [-0.2, 0) is 4.94 Å². The number of benzene rings is 1. The summed E-state index contributed by atoms with van der Waals surface area (Å²) in [5.41, 5.74) is 0.0312. The molecule has 5 heteroatoms. The van der Waals surface area contributed by atoms with Crippen LogP contribution in [0.25, 0.3) is 0 Å². The maximum Gasteiger partial charge on any atom is 0.379 e. The molecule has 1 aromatic carbocycles. The third kappa shape index (κ3) is 2.12. The Morgan fingerprint density at radius 3 is 2.00 bits per heavy atom. The Kier molecular flexibility index (Phi) is 3.28. The number of ether oxygens (including phenoxy) is 2. The van der Waals surface area contributed by atoms with Crippen LogP contribution in [0.15, 0.2) is 18.2 Å². The molecule has 0 aliphatic heterocycles. The molecule has 0 N–H and O–H groups in total. The molecule has 0 atom stereocenters. The largest absolute Gasteiger partial charge is 0.497 e. The smallest absolute Gasteiger partial charge is 0.379 e. The van der Waals surface area contributed by atoms with Gasteiger partial charge in [-0.05, 0) is 12.1 Å². The Bertz CT molecular complexity index is 315. The van der Waals surface area contributed by atoms with Gasteiger partial charge in [0.15, 0.2) is 0 Å². The number of methoxy groups -OCH3 is 2. The second kappa shape index (κ2) is 4.45. The summed E-state index contributed by atoms with van der Waals surface area (Å²) in [6.45, 7) is 0. The molecule has 0 saturated carbocycles. The van der Waals surface area contributed by atoms with E-state index in [0.717, 1.165) is 0 Å². The van der Waals surface area contributed by atoms with E-state index in [1.54, 1.807) is 6.07 Å². The second-order valence-electron chi connectivity index (χ2n) is 2.47. The summed E-state index contributed by atoms with van der Waals surface area (Å²) in [7, 11) is 2.86. The molecular weight excluding hydrogens is 191 g/mol. The molecule has 0 bridgehead atoms. The Hall–Kier alpha value is -1.78. The van der Waals surface area contributed by atoms with Crippen molar-refractivity contribution in [2.45, 2.75) is 0 Å². The number of rotatable bonds is 3. The van der Waals surface area contributed by atoms with Crippen LogP contribution in [0.5, 0.6) is 11.5 Å². The van der Waals surface area contributed by atoms with E-state index in [0.29, 0.717) is 11.5 Å². The lowest BCUT2D eigenvalue weighted by molar-refractivity contribution is -0.0788. The van der Waals surface area contributed by atoms with E-state index in [1.807, 2.05) is 0 Å². The molecule has 0 radical (unpaired) electrons. The minimum Gasteiger partial charge on any atom is -0.497 e. The molecule has 1 aromatic rings. The summed E-state index contributed by atoms with van der Waals surface area (Å²) in [6.07, 6.45) is 0. The fourth-order valence-corrected chi connectivity index (χ4v) is 0.970. The molecule has 4 nitrogen and oxygen atoms in total. The lowest BCUT2D eigenvalue weighted by Crippen LogP contribution is -2.00. The van der Waals surface area contributed by atoms with Crippen molar-refractivity contribution in [1.82, 2.24) is 0 Å². The molecule has 76 valence electrons. The molecule has 14 heavy (non-hydrogen) atoms. The molecule has 0 saturated heterocycles. The normalized spacial score (nSPS) is 9.36. The molecule has 1 rings (SSSR count). The quantitative estimate of drug-likeness (QED) is 0.745. The fraction of sp³-hybridized carbons (Fsp3) is 0.222. The average molecular weight is 200 g/mol. The summed E-state index contributed by atoms with van der Waals surface area (Å²) in [5, 5.41) is 0. The second-order valence-corrected chi connectivity index (χ2v) is 2.47. The van der Waals surface area contributed by atoms with E-state index >= 15 is 0 Å². The van der Waals surface area contributed by atoms with Crippen LogP contribution in [0.4, 0.5) is 4.53 Å². The highest BCUT2D eigenvalue weighted by Crippen LogP contribution is 2.22. The van der Waals surface area contributed by atoms with Crippen LogP contribution >= 0.6 is 0 Å². The maximum absolute atomic E-state index is 11.6. The van der Waals surface area contributed by atoms with Crippen molar-refractivity contribution in [3.05, 3.63) is 23.8 Å². The van der Waals surface area contributed by atoms with Gasteiger partial charge in [-0.2, -0.15) is 0 Å². The first kappa shape index (κ1) is 10.3. The SMILES string of the molecule is COc1cc(OC)cc(C(=O)OF)c1. The monoisotopic (exact) mass is 200 g/mol.